The van der Waals surface area contributed by atoms with Gasteiger partial charge in [0, 0.05) is 25.3 Å². The Morgan fingerprint density at radius 2 is 1.90 bits per heavy atom. The van der Waals surface area contributed by atoms with Crippen LogP contribution in [0.25, 0.3) is 11.2 Å². The molecule has 0 radical (unpaired) electrons. The fourth-order valence-electron chi connectivity index (χ4n) is 3.63. The van der Waals surface area contributed by atoms with Gasteiger partial charge in [-0.1, -0.05) is 18.2 Å². The van der Waals surface area contributed by atoms with Gasteiger partial charge >= 0.3 is 12.0 Å². The van der Waals surface area contributed by atoms with Crippen LogP contribution in [0.15, 0.2) is 43.0 Å². The third-order valence-corrected chi connectivity index (χ3v) is 5.36. The summed E-state index contributed by atoms with van der Waals surface area (Å²) in [5, 5.41) is 2.87. The Hall–Kier alpha value is -3.69. The molecule has 3 N–H and O–H groups in total. The number of aromatic nitrogens is 4. The molecule has 1 aliphatic rings. The fraction of sp³-hybridized carbons (Fsp3) is 0.381. The van der Waals surface area contributed by atoms with Gasteiger partial charge in [0.1, 0.15) is 11.8 Å². The first-order valence-corrected chi connectivity index (χ1v) is 10.3. The Morgan fingerprint density at radius 1 is 1.13 bits per heavy atom. The molecule has 0 bridgehead atoms. The topological polar surface area (TPSA) is 128 Å². The Labute approximate surface area is 179 Å². The normalized spacial score (nSPS) is 14.5. The van der Waals surface area contributed by atoms with E-state index in [2.05, 4.69) is 20.3 Å². The lowest BCUT2D eigenvalue weighted by molar-refractivity contribution is -0.150. The average Bonchev–Trinajstić information content (AvgIpc) is 3.22. The molecule has 0 unspecified atom stereocenters. The number of urea groups is 1. The number of piperidine rings is 1. The smallest absolute Gasteiger partial charge is 0.321 e. The van der Waals surface area contributed by atoms with E-state index in [0.717, 1.165) is 5.69 Å². The SMILES string of the molecule is Nc1ncnc2c1ncn2CCCOC(=O)C1CCN(C(=O)Nc2ccccc2)CC1. The first-order chi connectivity index (χ1) is 15.1. The van der Waals surface area contributed by atoms with Gasteiger partial charge in [0.25, 0.3) is 0 Å². The van der Waals surface area contributed by atoms with Crippen LogP contribution in [0.1, 0.15) is 19.3 Å². The number of nitrogens with one attached hydrogen (secondary N) is 1. The predicted octanol–water partition coefficient (Wildman–Crippen LogP) is 2.29. The second-order valence-corrected chi connectivity index (χ2v) is 7.45. The van der Waals surface area contributed by atoms with Gasteiger partial charge in [-0.2, -0.15) is 0 Å². The van der Waals surface area contributed by atoms with Crippen molar-refractivity contribution >= 4 is 34.7 Å². The molecule has 0 saturated carbocycles. The number of hydrogen-bond donors (Lipinski definition) is 2. The van der Waals surface area contributed by atoms with Gasteiger partial charge in [-0.05, 0) is 31.4 Å². The number of fused-ring (bicyclic) bond motifs is 1. The van der Waals surface area contributed by atoms with Crippen molar-refractivity contribution in [2.75, 3.05) is 30.7 Å². The third-order valence-electron chi connectivity index (χ3n) is 5.36. The van der Waals surface area contributed by atoms with Gasteiger partial charge in [-0.25, -0.2) is 19.7 Å². The number of hydrogen-bond acceptors (Lipinski definition) is 7. The second kappa shape index (κ2) is 9.41. The zero-order valence-electron chi connectivity index (χ0n) is 17.1. The average molecular weight is 423 g/mol. The molecule has 0 spiro atoms. The Bertz CT molecular complexity index is 1050. The highest BCUT2D eigenvalue weighted by Crippen LogP contribution is 2.20. The zero-order valence-corrected chi connectivity index (χ0v) is 17.1. The van der Waals surface area contributed by atoms with E-state index in [-0.39, 0.29) is 17.9 Å². The molecule has 2 aromatic heterocycles. The van der Waals surface area contributed by atoms with Crippen molar-refractivity contribution in [2.45, 2.75) is 25.8 Å². The van der Waals surface area contributed by atoms with Gasteiger partial charge in [0.05, 0.1) is 18.9 Å². The summed E-state index contributed by atoms with van der Waals surface area (Å²) in [5.74, 6) is -0.0356. The summed E-state index contributed by atoms with van der Waals surface area (Å²) in [6.07, 6.45) is 4.91. The van der Waals surface area contributed by atoms with E-state index in [1.54, 1.807) is 11.2 Å². The molecule has 3 heterocycles. The van der Waals surface area contributed by atoms with Crippen LogP contribution in [-0.2, 0) is 16.1 Å². The van der Waals surface area contributed by atoms with Crippen molar-refractivity contribution in [2.24, 2.45) is 5.92 Å². The number of carbonyl (C=O) groups excluding carboxylic acids is 2. The summed E-state index contributed by atoms with van der Waals surface area (Å²) in [6.45, 7) is 1.98. The van der Waals surface area contributed by atoms with Crippen molar-refractivity contribution in [3.05, 3.63) is 43.0 Å². The highest BCUT2D eigenvalue weighted by atomic mass is 16.5. The Morgan fingerprint density at radius 3 is 2.68 bits per heavy atom. The van der Waals surface area contributed by atoms with Crippen LogP contribution in [0.3, 0.4) is 0 Å². The minimum absolute atomic E-state index is 0.143. The molecule has 1 aliphatic heterocycles. The van der Waals surface area contributed by atoms with Gasteiger partial charge in [0.2, 0.25) is 0 Å². The monoisotopic (exact) mass is 423 g/mol. The number of nitrogens with zero attached hydrogens (tertiary/aromatic N) is 5. The molecule has 2 amide bonds. The number of carbonyl (C=O) groups is 2. The van der Waals surface area contributed by atoms with Crippen LogP contribution < -0.4 is 11.1 Å². The predicted molar refractivity (Wildman–Crippen MR) is 115 cm³/mol. The number of aryl methyl sites for hydroxylation is 1. The number of anilines is 2. The van der Waals surface area contributed by atoms with Crippen LogP contribution in [-0.4, -0.2) is 56.1 Å². The van der Waals surface area contributed by atoms with Crippen molar-refractivity contribution in [3.8, 4) is 0 Å². The minimum Gasteiger partial charge on any atom is -0.465 e. The maximum absolute atomic E-state index is 12.4. The molecule has 31 heavy (non-hydrogen) atoms. The first kappa shape index (κ1) is 20.6. The molecule has 162 valence electrons. The van der Waals surface area contributed by atoms with E-state index >= 15 is 0 Å². The van der Waals surface area contributed by atoms with Gasteiger partial charge in [-0.3, -0.25) is 4.79 Å². The number of imidazole rings is 1. The summed E-state index contributed by atoms with van der Waals surface area (Å²) in [7, 11) is 0. The number of para-hydroxylation sites is 1. The number of likely N-dealkylation sites (tertiary alicyclic amines) is 1. The van der Waals surface area contributed by atoms with Crippen molar-refractivity contribution < 1.29 is 14.3 Å². The number of nitrogens with two attached hydrogens (primary N) is 1. The highest BCUT2D eigenvalue weighted by Gasteiger charge is 2.28. The molecule has 1 saturated heterocycles. The lowest BCUT2D eigenvalue weighted by Gasteiger charge is -2.31. The number of benzene rings is 1. The summed E-state index contributed by atoms with van der Waals surface area (Å²) >= 11 is 0. The number of nitrogen functional groups attached to an aromatic ring is 1. The van der Waals surface area contributed by atoms with E-state index in [4.69, 9.17) is 10.5 Å². The summed E-state index contributed by atoms with van der Waals surface area (Å²) in [5.41, 5.74) is 7.79. The Kier molecular flexibility index (Phi) is 6.25. The molecule has 1 aromatic carbocycles. The molecule has 0 atom stereocenters. The molecule has 1 fully saturated rings. The molecule has 10 nitrogen and oxygen atoms in total. The van der Waals surface area contributed by atoms with E-state index in [9.17, 15) is 9.59 Å². The second-order valence-electron chi connectivity index (χ2n) is 7.45. The maximum atomic E-state index is 12.4. The fourth-order valence-corrected chi connectivity index (χ4v) is 3.63. The molecular formula is C21H25N7O3. The molecule has 0 aliphatic carbocycles. The van der Waals surface area contributed by atoms with Crippen LogP contribution in [0.5, 0.6) is 0 Å². The number of amides is 2. The van der Waals surface area contributed by atoms with Gasteiger partial charge in [-0.15, -0.1) is 0 Å². The lowest BCUT2D eigenvalue weighted by Crippen LogP contribution is -2.42. The molecule has 10 heteroatoms. The molecule has 4 rings (SSSR count). The molecule has 3 aromatic rings. The summed E-state index contributed by atoms with van der Waals surface area (Å²) in [4.78, 5) is 38.8. The minimum atomic E-state index is -0.204. The van der Waals surface area contributed by atoms with E-state index in [1.165, 1.54) is 6.33 Å². The number of ether oxygens (including phenoxy) is 1. The highest BCUT2D eigenvalue weighted by molar-refractivity contribution is 5.89. The number of esters is 1. The first-order valence-electron chi connectivity index (χ1n) is 10.3. The Balaban J connectivity index is 1.18. The van der Waals surface area contributed by atoms with Crippen molar-refractivity contribution in [3.63, 3.8) is 0 Å². The van der Waals surface area contributed by atoms with Crippen LogP contribution in [0.2, 0.25) is 0 Å². The van der Waals surface area contributed by atoms with Gasteiger partial charge < -0.3 is 25.3 Å². The third kappa shape index (κ3) is 4.90. The lowest BCUT2D eigenvalue weighted by atomic mass is 9.97. The molecular weight excluding hydrogens is 398 g/mol. The van der Waals surface area contributed by atoms with Gasteiger partial charge in [0.15, 0.2) is 11.5 Å². The summed E-state index contributed by atoms with van der Waals surface area (Å²) in [6, 6.07) is 9.18. The quantitative estimate of drug-likeness (QED) is 0.460. The van der Waals surface area contributed by atoms with Crippen LogP contribution >= 0.6 is 0 Å². The number of rotatable bonds is 6. The van der Waals surface area contributed by atoms with Crippen LogP contribution in [0, 0.1) is 5.92 Å². The summed E-state index contributed by atoms with van der Waals surface area (Å²) < 4.78 is 7.32. The zero-order chi connectivity index (χ0) is 21.6. The standard InChI is InChI=1S/C21H25N7O3/c22-18-17-19(24-13-23-18)28(14-25-17)9-4-12-31-20(29)15-7-10-27(11-8-15)21(30)26-16-5-2-1-3-6-16/h1-3,5-6,13-15H,4,7-12H2,(H,26,30)(H2,22,23,24). The van der Waals surface area contributed by atoms with Crippen molar-refractivity contribution in [1.29, 1.82) is 0 Å². The van der Waals surface area contributed by atoms with Crippen molar-refractivity contribution in [1.82, 2.24) is 24.4 Å². The van der Waals surface area contributed by atoms with E-state index < -0.39 is 0 Å². The maximum Gasteiger partial charge on any atom is 0.321 e. The largest absolute Gasteiger partial charge is 0.465 e. The van der Waals surface area contributed by atoms with Crippen LogP contribution in [0.4, 0.5) is 16.3 Å². The van der Waals surface area contributed by atoms with E-state index in [0.29, 0.717) is 62.5 Å². The van der Waals surface area contributed by atoms with E-state index in [1.807, 2.05) is 34.9 Å².